The van der Waals surface area contributed by atoms with Crippen molar-refractivity contribution in [3.63, 3.8) is 0 Å². The van der Waals surface area contributed by atoms with Gasteiger partial charge in [-0.1, -0.05) is 12.1 Å². The van der Waals surface area contributed by atoms with Crippen LogP contribution in [-0.4, -0.2) is 74.2 Å². The maximum absolute atomic E-state index is 12.7. The second kappa shape index (κ2) is 7.70. The van der Waals surface area contributed by atoms with Gasteiger partial charge in [0.15, 0.2) is 0 Å². The third-order valence-electron chi connectivity index (χ3n) is 6.07. The molecule has 2 N–H and O–H groups in total. The predicted molar refractivity (Wildman–Crippen MR) is 111 cm³/mol. The summed E-state index contributed by atoms with van der Waals surface area (Å²) in [7, 11) is 0. The molecule has 2 fully saturated rings. The first-order valence-corrected chi connectivity index (χ1v) is 10.3. The number of H-pyrrole nitrogens is 1. The van der Waals surface area contributed by atoms with Gasteiger partial charge in [0.2, 0.25) is 0 Å². The second-order valence-corrected chi connectivity index (χ2v) is 8.17. The number of benzene rings is 1. The SMILES string of the molecule is O=C(c1cncc(O)c1)N1CCC2(CC1)CN(Cc1nc3ccccc3[nH]1)CCO2. The van der Waals surface area contributed by atoms with Gasteiger partial charge in [0, 0.05) is 32.4 Å². The van der Waals surface area contributed by atoms with Crippen LogP contribution in [0.15, 0.2) is 42.7 Å². The molecule has 1 spiro atoms. The molecule has 30 heavy (non-hydrogen) atoms. The molecule has 5 rings (SSSR count). The summed E-state index contributed by atoms with van der Waals surface area (Å²) >= 11 is 0. The van der Waals surface area contributed by atoms with Crippen LogP contribution < -0.4 is 0 Å². The first kappa shape index (κ1) is 19.0. The molecule has 2 aromatic heterocycles. The number of imidazole rings is 1. The molecule has 2 saturated heterocycles. The van der Waals surface area contributed by atoms with Crippen LogP contribution in [0.1, 0.15) is 29.0 Å². The smallest absolute Gasteiger partial charge is 0.255 e. The van der Waals surface area contributed by atoms with Crippen LogP contribution in [0.3, 0.4) is 0 Å². The molecule has 1 aromatic carbocycles. The number of carbonyl (C=O) groups excluding carboxylic acids is 1. The number of morpholine rings is 1. The molecule has 8 nitrogen and oxygen atoms in total. The minimum atomic E-state index is -0.224. The number of carbonyl (C=O) groups is 1. The Kier molecular flexibility index (Phi) is 4.88. The topological polar surface area (TPSA) is 94.6 Å². The van der Waals surface area contributed by atoms with Crippen LogP contribution in [-0.2, 0) is 11.3 Å². The van der Waals surface area contributed by atoms with Crippen molar-refractivity contribution < 1.29 is 14.6 Å². The zero-order valence-electron chi connectivity index (χ0n) is 16.8. The largest absolute Gasteiger partial charge is 0.506 e. The van der Waals surface area contributed by atoms with Crippen LogP contribution in [0.2, 0.25) is 0 Å². The number of piperidine rings is 1. The van der Waals surface area contributed by atoms with E-state index in [1.807, 2.05) is 29.2 Å². The molecule has 4 heterocycles. The van der Waals surface area contributed by atoms with Gasteiger partial charge >= 0.3 is 0 Å². The number of aromatic hydroxyl groups is 1. The number of amides is 1. The molecule has 0 saturated carbocycles. The Balaban J connectivity index is 1.22. The monoisotopic (exact) mass is 407 g/mol. The molecular weight excluding hydrogens is 382 g/mol. The number of ether oxygens (including phenoxy) is 1. The fourth-order valence-electron chi connectivity index (χ4n) is 4.50. The number of nitrogens with zero attached hydrogens (tertiary/aromatic N) is 4. The number of rotatable bonds is 3. The minimum Gasteiger partial charge on any atom is -0.506 e. The summed E-state index contributed by atoms with van der Waals surface area (Å²) in [5, 5.41) is 9.59. The summed E-state index contributed by atoms with van der Waals surface area (Å²) in [6.07, 6.45) is 4.41. The average molecular weight is 407 g/mol. The van der Waals surface area contributed by atoms with Crippen molar-refractivity contribution in [2.75, 3.05) is 32.8 Å². The summed E-state index contributed by atoms with van der Waals surface area (Å²) in [5.41, 5.74) is 2.24. The molecule has 0 aliphatic carbocycles. The van der Waals surface area contributed by atoms with Gasteiger partial charge in [-0.15, -0.1) is 0 Å². The van der Waals surface area contributed by atoms with Crippen LogP contribution in [0, 0.1) is 0 Å². The number of aromatic nitrogens is 3. The summed E-state index contributed by atoms with van der Waals surface area (Å²) in [6, 6.07) is 9.53. The van der Waals surface area contributed by atoms with E-state index in [-0.39, 0.29) is 17.3 Å². The zero-order valence-corrected chi connectivity index (χ0v) is 16.8. The third kappa shape index (κ3) is 3.76. The van der Waals surface area contributed by atoms with Gasteiger partial charge in [0.05, 0.1) is 41.5 Å². The van der Waals surface area contributed by atoms with Crippen molar-refractivity contribution in [3.05, 3.63) is 54.1 Å². The molecule has 2 aliphatic heterocycles. The summed E-state index contributed by atoms with van der Waals surface area (Å²) in [4.78, 5) is 29.0. The Morgan fingerprint density at radius 3 is 2.83 bits per heavy atom. The number of likely N-dealkylation sites (tertiary alicyclic amines) is 1. The highest BCUT2D eigenvalue weighted by Crippen LogP contribution is 2.31. The lowest BCUT2D eigenvalue weighted by molar-refractivity contribution is -0.134. The molecule has 0 unspecified atom stereocenters. The standard InChI is InChI=1S/C22H25N5O3/c28-17-11-16(12-23-13-17)21(29)27-7-5-22(6-8-27)15-26(9-10-30-22)14-20-24-18-3-1-2-4-19(18)25-20/h1-4,11-13,28H,5-10,14-15H2,(H,24,25). The maximum atomic E-state index is 12.7. The number of para-hydroxylation sites is 2. The van der Waals surface area contributed by atoms with E-state index < -0.39 is 0 Å². The van der Waals surface area contributed by atoms with Crippen LogP contribution in [0.25, 0.3) is 11.0 Å². The number of aromatic amines is 1. The summed E-state index contributed by atoms with van der Waals surface area (Å²) in [6.45, 7) is 4.41. The fraction of sp³-hybridized carbons (Fsp3) is 0.409. The lowest BCUT2D eigenvalue weighted by Crippen LogP contribution is -2.57. The van der Waals surface area contributed by atoms with Crippen molar-refractivity contribution in [1.82, 2.24) is 24.8 Å². The van der Waals surface area contributed by atoms with E-state index in [9.17, 15) is 9.90 Å². The van der Waals surface area contributed by atoms with E-state index in [2.05, 4.69) is 14.9 Å². The van der Waals surface area contributed by atoms with E-state index in [1.165, 1.54) is 18.5 Å². The molecule has 156 valence electrons. The quantitative estimate of drug-likeness (QED) is 0.691. The number of hydrogen-bond donors (Lipinski definition) is 2. The molecule has 8 heteroatoms. The molecule has 0 radical (unpaired) electrons. The number of fused-ring (bicyclic) bond motifs is 1. The van der Waals surface area contributed by atoms with Gasteiger partial charge < -0.3 is 19.7 Å². The highest BCUT2D eigenvalue weighted by atomic mass is 16.5. The Labute approximate surface area is 174 Å². The van der Waals surface area contributed by atoms with Gasteiger partial charge in [-0.05, 0) is 31.0 Å². The van der Waals surface area contributed by atoms with Crippen molar-refractivity contribution in [2.45, 2.75) is 25.0 Å². The number of hydrogen-bond acceptors (Lipinski definition) is 6. The van der Waals surface area contributed by atoms with E-state index in [0.717, 1.165) is 49.3 Å². The normalized spacial score (nSPS) is 19.4. The fourth-order valence-corrected chi connectivity index (χ4v) is 4.50. The maximum Gasteiger partial charge on any atom is 0.255 e. The highest BCUT2D eigenvalue weighted by Gasteiger charge is 2.40. The first-order valence-electron chi connectivity index (χ1n) is 10.3. The average Bonchev–Trinajstić information content (AvgIpc) is 3.16. The molecule has 0 atom stereocenters. The van der Waals surface area contributed by atoms with Crippen molar-refractivity contribution in [1.29, 1.82) is 0 Å². The number of pyridine rings is 1. The summed E-state index contributed by atoms with van der Waals surface area (Å²) < 4.78 is 6.22. The molecule has 2 aliphatic rings. The lowest BCUT2D eigenvalue weighted by atomic mass is 9.89. The van der Waals surface area contributed by atoms with Crippen molar-refractivity contribution >= 4 is 16.9 Å². The van der Waals surface area contributed by atoms with E-state index in [1.54, 1.807) is 0 Å². The van der Waals surface area contributed by atoms with Gasteiger partial charge in [-0.3, -0.25) is 14.7 Å². The van der Waals surface area contributed by atoms with E-state index >= 15 is 0 Å². The second-order valence-electron chi connectivity index (χ2n) is 8.17. The van der Waals surface area contributed by atoms with Gasteiger partial charge in [-0.25, -0.2) is 4.98 Å². The Bertz CT molecular complexity index is 1020. The lowest BCUT2D eigenvalue weighted by Gasteiger charge is -2.47. The summed E-state index contributed by atoms with van der Waals surface area (Å²) in [5.74, 6) is 0.881. The molecule has 0 bridgehead atoms. The van der Waals surface area contributed by atoms with Gasteiger partial charge in [-0.2, -0.15) is 0 Å². The van der Waals surface area contributed by atoms with Crippen LogP contribution in [0.4, 0.5) is 0 Å². The Morgan fingerprint density at radius 2 is 2.03 bits per heavy atom. The van der Waals surface area contributed by atoms with Gasteiger partial charge in [0.25, 0.3) is 5.91 Å². The van der Waals surface area contributed by atoms with Gasteiger partial charge in [0.1, 0.15) is 11.6 Å². The Hall–Kier alpha value is -2.97. The molecule has 1 amide bonds. The molecular formula is C22H25N5O3. The van der Waals surface area contributed by atoms with Crippen LogP contribution in [0.5, 0.6) is 5.75 Å². The van der Waals surface area contributed by atoms with E-state index in [4.69, 9.17) is 9.72 Å². The first-order chi connectivity index (χ1) is 14.6. The van der Waals surface area contributed by atoms with E-state index in [0.29, 0.717) is 25.3 Å². The van der Waals surface area contributed by atoms with Crippen molar-refractivity contribution in [3.8, 4) is 5.75 Å². The minimum absolute atomic E-state index is 0.00572. The third-order valence-corrected chi connectivity index (χ3v) is 6.07. The van der Waals surface area contributed by atoms with Crippen molar-refractivity contribution in [2.24, 2.45) is 0 Å². The molecule has 3 aromatic rings. The predicted octanol–water partition coefficient (Wildman–Crippen LogP) is 2.17. The Morgan fingerprint density at radius 1 is 1.20 bits per heavy atom. The zero-order chi connectivity index (χ0) is 20.6. The van der Waals surface area contributed by atoms with Crippen LogP contribution >= 0.6 is 0 Å². The number of nitrogens with one attached hydrogen (secondary N) is 1. The highest BCUT2D eigenvalue weighted by molar-refractivity contribution is 5.94.